The molecule has 0 saturated carbocycles. The molecule has 0 saturated heterocycles. The van der Waals surface area contributed by atoms with Crippen LogP contribution in [0.1, 0.15) is 10.6 Å². The summed E-state index contributed by atoms with van der Waals surface area (Å²) in [4.78, 5) is 4.55. The number of thiazole rings is 1. The molecule has 3 aromatic rings. The fourth-order valence-electron chi connectivity index (χ4n) is 1.92. The number of benzene rings is 2. The highest BCUT2D eigenvalue weighted by molar-refractivity contribution is 7.18. The SMILES string of the molecule is CNN=Cc1ccc(OCc2nc3ccccc3s2)cc1. The average molecular weight is 297 g/mol. The van der Waals surface area contributed by atoms with E-state index in [9.17, 15) is 0 Å². The maximum Gasteiger partial charge on any atom is 0.140 e. The van der Waals surface area contributed by atoms with Gasteiger partial charge in [-0.1, -0.05) is 12.1 Å². The number of hydrogen-bond donors (Lipinski definition) is 1. The highest BCUT2D eigenvalue weighted by Crippen LogP contribution is 2.23. The highest BCUT2D eigenvalue weighted by Gasteiger charge is 2.03. The number of para-hydroxylation sites is 1. The molecule has 1 heterocycles. The number of aromatic nitrogens is 1. The Hall–Kier alpha value is -2.40. The van der Waals surface area contributed by atoms with Crippen LogP contribution in [0.2, 0.25) is 0 Å². The molecule has 0 unspecified atom stereocenters. The Morgan fingerprint density at radius 2 is 2.00 bits per heavy atom. The second-order valence-electron chi connectivity index (χ2n) is 4.41. The molecule has 3 rings (SSSR count). The first-order valence-electron chi connectivity index (χ1n) is 6.62. The molecule has 0 spiro atoms. The lowest BCUT2D eigenvalue weighted by Crippen LogP contribution is -1.96. The van der Waals surface area contributed by atoms with Crippen LogP contribution in [0.5, 0.6) is 5.75 Å². The van der Waals surface area contributed by atoms with Gasteiger partial charge in [-0.15, -0.1) is 11.3 Å². The van der Waals surface area contributed by atoms with E-state index in [1.807, 2.05) is 42.5 Å². The number of ether oxygens (including phenoxy) is 1. The summed E-state index contributed by atoms with van der Waals surface area (Å²) < 4.78 is 6.96. The lowest BCUT2D eigenvalue weighted by atomic mass is 10.2. The number of rotatable bonds is 5. The Bertz CT molecular complexity index is 717. The summed E-state index contributed by atoms with van der Waals surface area (Å²) in [5, 5.41) is 4.95. The third-order valence-electron chi connectivity index (χ3n) is 2.92. The fraction of sp³-hybridized carbons (Fsp3) is 0.125. The van der Waals surface area contributed by atoms with Crippen LogP contribution in [-0.4, -0.2) is 18.2 Å². The van der Waals surface area contributed by atoms with Gasteiger partial charge >= 0.3 is 0 Å². The second kappa shape index (κ2) is 6.37. The Labute approximate surface area is 127 Å². The van der Waals surface area contributed by atoms with E-state index in [2.05, 4.69) is 21.6 Å². The number of fused-ring (bicyclic) bond motifs is 1. The van der Waals surface area contributed by atoms with E-state index in [0.29, 0.717) is 6.61 Å². The van der Waals surface area contributed by atoms with Gasteiger partial charge in [0.25, 0.3) is 0 Å². The Kier molecular flexibility index (Phi) is 4.12. The first-order valence-corrected chi connectivity index (χ1v) is 7.44. The zero-order valence-corrected chi connectivity index (χ0v) is 12.4. The van der Waals surface area contributed by atoms with Crippen LogP contribution in [-0.2, 0) is 6.61 Å². The predicted octanol–water partition coefficient (Wildman–Crippen LogP) is 3.43. The van der Waals surface area contributed by atoms with Crippen LogP contribution in [0.3, 0.4) is 0 Å². The van der Waals surface area contributed by atoms with Gasteiger partial charge in [0.2, 0.25) is 0 Å². The Morgan fingerprint density at radius 3 is 2.76 bits per heavy atom. The number of hydrazone groups is 1. The molecule has 0 aliphatic heterocycles. The van der Waals surface area contributed by atoms with Crippen molar-refractivity contribution in [1.29, 1.82) is 0 Å². The maximum absolute atomic E-state index is 5.77. The lowest BCUT2D eigenvalue weighted by Gasteiger charge is -2.03. The summed E-state index contributed by atoms with van der Waals surface area (Å²) >= 11 is 1.67. The van der Waals surface area contributed by atoms with Crippen LogP contribution in [0, 0.1) is 0 Å². The van der Waals surface area contributed by atoms with Crippen molar-refractivity contribution >= 4 is 27.8 Å². The summed E-state index contributed by atoms with van der Waals surface area (Å²) in [6.45, 7) is 0.489. The predicted molar refractivity (Wildman–Crippen MR) is 87.0 cm³/mol. The molecule has 0 bridgehead atoms. The fourth-order valence-corrected chi connectivity index (χ4v) is 2.80. The van der Waals surface area contributed by atoms with E-state index in [1.54, 1.807) is 24.6 Å². The van der Waals surface area contributed by atoms with Crippen LogP contribution >= 0.6 is 11.3 Å². The molecule has 0 atom stereocenters. The number of nitrogens with zero attached hydrogens (tertiary/aromatic N) is 2. The van der Waals surface area contributed by atoms with Gasteiger partial charge in [-0.05, 0) is 42.0 Å². The Balaban J connectivity index is 1.65. The van der Waals surface area contributed by atoms with Crippen molar-refractivity contribution in [3.63, 3.8) is 0 Å². The highest BCUT2D eigenvalue weighted by atomic mass is 32.1. The smallest absolute Gasteiger partial charge is 0.140 e. The van der Waals surface area contributed by atoms with Gasteiger partial charge in [-0.25, -0.2) is 4.98 Å². The van der Waals surface area contributed by atoms with Gasteiger partial charge in [0.05, 0.1) is 16.4 Å². The van der Waals surface area contributed by atoms with Crippen LogP contribution < -0.4 is 10.2 Å². The van der Waals surface area contributed by atoms with Crippen molar-refractivity contribution in [3.8, 4) is 5.75 Å². The van der Waals surface area contributed by atoms with Crippen molar-refractivity contribution in [2.45, 2.75) is 6.61 Å². The molecule has 0 fully saturated rings. The van der Waals surface area contributed by atoms with Crippen LogP contribution in [0.4, 0.5) is 0 Å². The standard InChI is InChI=1S/C16H15N3OS/c1-17-18-10-12-6-8-13(9-7-12)20-11-16-19-14-4-2-3-5-15(14)21-16/h2-10,17H,11H2,1H3. The zero-order chi connectivity index (χ0) is 14.5. The molecule has 21 heavy (non-hydrogen) atoms. The van der Waals surface area contributed by atoms with Crippen LogP contribution in [0.15, 0.2) is 53.6 Å². The van der Waals surface area contributed by atoms with Gasteiger partial charge in [-0.3, -0.25) is 0 Å². The lowest BCUT2D eigenvalue weighted by molar-refractivity contribution is 0.306. The summed E-state index contributed by atoms with van der Waals surface area (Å²) in [5.74, 6) is 0.830. The molecule has 1 aromatic heterocycles. The molecule has 0 aliphatic carbocycles. The van der Waals surface area contributed by atoms with Gasteiger partial charge in [0.15, 0.2) is 0 Å². The minimum atomic E-state index is 0.489. The van der Waals surface area contributed by atoms with E-state index in [-0.39, 0.29) is 0 Å². The minimum Gasteiger partial charge on any atom is -0.486 e. The van der Waals surface area contributed by atoms with E-state index >= 15 is 0 Å². The van der Waals surface area contributed by atoms with E-state index < -0.39 is 0 Å². The minimum absolute atomic E-state index is 0.489. The summed E-state index contributed by atoms with van der Waals surface area (Å²) in [7, 11) is 1.77. The van der Waals surface area contributed by atoms with Crippen molar-refractivity contribution in [1.82, 2.24) is 10.4 Å². The van der Waals surface area contributed by atoms with Crippen molar-refractivity contribution < 1.29 is 4.74 Å². The topological polar surface area (TPSA) is 46.5 Å². The molecule has 2 aromatic carbocycles. The summed E-state index contributed by atoms with van der Waals surface area (Å²) in [6.07, 6.45) is 1.76. The van der Waals surface area contributed by atoms with E-state index in [1.165, 1.54) is 4.70 Å². The molecule has 0 radical (unpaired) electrons. The molecule has 0 amide bonds. The third-order valence-corrected chi connectivity index (χ3v) is 3.93. The first kappa shape index (κ1) is 13.6. The van der Waals surface area contributed by atoms with E-state index in [4.69, 9.17) is 4.74 Å². The molecule has 1 N–H and O–H groups in total. The molecule has 106 valence electrons. The monoisotopic (exact) mass is 297 g/mol. The Morgan fingerprint density at radius 1 is 1.19 bits per heavy atom. The quantitative estimate of drug-likeness (QED) is 0.580. The van der Waals surface area contributed by atoms with Gasteiger partial charge in [0.1, 0.15) is 17.4 Å². The molecular formula is C16H15N3OS. The third kappa shape index (κ3) is 3.38. The second-order valence-corrected chi connectivity index (χ2v) is 5.53. The summed E-state index contributed by atoms with van der Waals surface area (Å²) in [5.41, 5.74) is 4.77. The normalized spacial score (nSPS) is 11.1. The van der Waals surface area contributed by atoms with Crippen LogP contribution in [0.25, 0.3) is 10.2 Å². The van der Waals surface area contributed by atoms with Crippen molar-refractivity contribution in [3.05, 3.63) is 59.1 Å². The number of hydrogen-bond acceptors (Lipinski definition) is 5. The van der Waals surface area contributed by atoms with Gasteiger partial charge in [0, 0.05) is 7.05 Å². The maximum atomic E-state index is 5.77. The number of nitrogens with one attached hydrogen (secondary N) is 1. The summed E-state index contributed by atoms with van der Waals surface area (Å²) in [6, 6.07) is 15.9. The van der Waals surface area contributed by atoms with Crippen molar-refractivity contribution in [2.75, 3.05) is 7.05 Å². The van der Waals surface area contributed by atoms with Gasteiger partial charge < -0.3 is 10.2 Å². The molecular weight excluding hydrogens is 282 g/mol. The van der Waals surface area contributed by atoms with Gasteiger partial charge in [-0.2, -0.15) is 5.10 Å². The average Bonchev–Trinajstić information content (AvgIpc) is 2.95. The largest absolute Gasteiger partial charge is 0.486 e. The van der Waals surface area contributed by atoms with E-state index in [0.717, 1.165) is 21.8 Å². The molecule has 0 aliphatic rings. The first-order chi connectivity index (χ1) is 10.3. The molecule has 5 heteroatoms. The molecule has 4 nitrogen and oxygen atoms in total. The van der Waals surface area contributed by atoms with Crippen molar-refractivity contribution in [2.24, 2.45) is 5.10 Å². The zero-order valence-electron chi connectivity index (χ0n) is 11.6.